The summed E-state index contributed by atoms with van der Waals surface area (Å²) in [4.78, 5) is 24.7. The number of hydrogen-bond donors (Lipinski definition) is 2. The Morgan fingerprint density at radius 2 is 1.79 bits per heavy atom. The van der Waals surface area contributed by atoms with Crippen LogP contribution in [0.2, 0.25) is 0 Å². The van der Waals surface area contributed by atoms with Crippen LogP contribution in [0.4, 0.5) is 10.1 Å². The molecule has 4 nitrogen and oxygen atoms in total. The zero-order valence-corrected chi connectivity index (χ0v) is 15.0. The van der Waals surface area contributed by atoms with Crippen LogP contribution in [0.5, 0.6) is 0 Å². The third-order valence-electron chi connectivity index (χ3n) is 3.27. The number of nitrogens with one attached hydrogen (secondary N) is 2. The summed E-state index contributed by atoms with van der Waals surface area (Å²) in [5, 5.41) is 5.53. The number of anilines is 1. The lowest BCUT2D eigenvalue weighted by molar-refractivity contribution is 0.0950. The Morgan fingerprint density at radius 3 is 2.46 bits per heavy atom. The van der Waals surface area contributed by atoms with Gasteiger partial charge in [-0.15, -0.1) is 0 Å². The molecule has 2 aromatic rings. The molecule has 0 radical (unpaired) electrons. The van der Waals surface area contributed by atoms with Crippen molar-refractivity contribution in [3.63, 3.8) is 0 Å². The molecule has 0 fully saturated rings. The van der Waals surface area contributed by atoms with Crippen molar-refractivity contribution in [2.45, 2.75) is 13.8 Å². The van der Waals surface area contributed by atoms with Crippen molar-refractivity contribution < 1.29 is 14.0 Å². The number of hydrogen-bond acceptors (Lipinski definition) is 2. The molecule has 0 aliphatic carbocycles. The van der Waals surface area contributed by atoms with Crippen molar-refractivity contribution in [3.05, 3.63) is 63.9 Å². The van der Waals surface area contributed by atoms with Gasteiger partial charge >= 0.3 is 0 Å². The molecule has 0 saturated heterocycles. The van der Waals surface area contributed by atoms with Crippen molar-refractivity contribution in [3.8, 4) is 0 Å². The third kappa shape index (κ3) is 4.64. The summed E-state index contributed by atoms with van der Waals surface area (Å²) in [7, 11) is 0. The number of para-hydroxylation sites is 1. The highest BCUT2D eigenvalue weighted by atomic mass is 79.9. The normalized spacial score (nSPS) is 10.5. The summed E-state index contributed by atoms with van der Waals surface area (Å²) in [5.41, 5.74) is 1.07. The van der Waals surface area contributed by atoms with Gasteiger partial charge in [-0.3, -0.25) is 9.59 Å². The smallest absolute Gasteiger partial charge is 0.256 e. The van der Waals surface area contributed by atoms with Crippen molar-refractivity contribution in [1.82, 2.24) is 5.32 Å². The van der Waals surface area contributed by atoms with Crippen molar-refractivity contribution >= 4 is 33.4 Å². The fourth-order valence-electron chi connectivity index (χ4n) is 2.05. The number of amides is 2. The standard InChI is InChI=1S/C18H18BrFN2O2/c1-11(2)10-21-17(23)14-5-3-4-6-16(14)22-18(24)13-8-7-12(20)9-15(13)19/h3-9,11H,10H2,1-2H3,(H,21,23)(H,22,24). The maximum atomic E-state index is 13.1. The third-order valence-corrected chi connectivity index (χ3v) is 3.92. The molecule has 0 atom stereocenters. The molecule has 2 aromatic carbocycles. The van der Waals surface area contributed by atoms with Crippen LogP contribution in [0, 0.1) is 11.7 Å². The van der Waals surface area contributed by atoms with Crippen LogP contribution >= 0.6 is 15.9 Å². The summed E-state index contributed by atoms with van der Waals surface area (Å²) in [6.07, 6.45) is 0. The van der Waals surface area contributed by atoms with E-state index in [0.29, 0.717) is 28.2 Å². The quantitative estimate of drug-likeness (QED) is 0.799. The topological polar surface area (TPSA) is 58.2 Å². The van der Waals surface area contributed by atoms with Gasteiger partial charge in [-0.2, -0.15) is 0 Å². The second kappa shape index (κ2) is 8.06. The zero-order valence-electron chi connectivity index (χ0n) is 13.4. The van der Waals surface area contributed by atoms with Gasteiger partial charge in [0.2, 0.25) is 0 Å². The molecule has 2 N–H and O–H groups in total. The molecule has 0 aromatic heterocycles. The Labute approximate surface area is 148 Å². The summed E-state index contributed by atoms with van der Waals surface area (Å²) < 4.78 is 13.5. The fourth-order valence-corrected chi connectivity index (χ4v) is 2.58. The average Bonchev–Trinajstić information content (AvgIpc) is 2.53. The molecule has 126 valence electrons. The molecule has 0 aliphatic rings. The second-order valence-corrected chi connectivity index (χ2v) is 6.58. The molecular formula is C18H18BrFN2O2. The number of halogens is 2. The van der Waals surface area contributed by atoms with E-state index in [0.717, 1.165) is 0 Å². The molecule has 0 unspecified atom stereocenters. The van der Waals surface area contributed by atoms with E-state index in [4.69, 9.17) is 0 Å². The first-order valence-corrected chi connectivity index (χ1v) is 8.31. The molecular weight excluding hydrogens is 375 g/mol. The Balaban J connectivity index is 2.20. The minimum absolute atomic E-state index is 0.252. The fraction of sp³-hybridized carbons (Fsp3) is 0.222. The van der Waals surface area contributed by atoms with Gasteiger partial charge in [0.25, 0.3) is 11.8 Å². The Kier molecular flexibility index (Phi) is 6.09. The second-order valence-electron chi connectivity index (χ2n) is 5.73. The number of carbonyl (C=O) groups is 2. The summed E-state index contributed by atoms with van der Waals surface area (Å²) in [5.74, 6) is -0.790. The number of carbonyl (C=O) groups excluding carboxylic acids is 2. The van der Waals surface area contributed by atoms with E-state index in [1.165, 1.54) is 18.2 Å². The van der Waals surface area contributed by atoms with Crippen molar-refractivity contribution in [1.29, 1.82) is 0 Å². The Bertz CT molecular complexity index is 762. The van der Waals surface area contributed by atoms with Gasteiger partial charge in [0.15, 0.2) is 0 Å². The molecule has 6 heteroatoms. The van der Waals surface area contributed by atoms with E-state index in [1.807, 2.05) is 13.8 Å². The van der Waals surface area contributed by atoms with Gasteiger partial charge in [-0.05, 0) is 52.2 Å². The van der Waals surface area contributed by atoms with E-state index >= 15 is 0 Å². The maximum absolute atomic E-state index is 13.1. The van der Waals surface area contributed by atoms with Crippen LogP contribution in [-0.2, 0) is 0 Å². The van der Waals surface area contributed by atoms with Crippen molar-refractivity contribution in [2.75, 3.05) is 11.9 Å². The van der Waals surface area contributed by atoms with Crippen LogP contribution in [0.15, 0.2) is 46.9 Å². The highest BCUT2D eigenvalue weighted by Crippen LogP contribution is 2.21. The Hall–Kier alpha value is -2.21. The first-order chi connectivity index (χ1) is 11.4. The van der Waals surface area contributed by atoms with Crippen LogP contribution in [-0.4, -0.2) is 18.4 Å². The molecule has 0 aliphatic heterocycles. The van der Waals surface area contributed by atoms with E-state index in [9.17, 15) is 14.0 Å². The minimum Gasteiger partial charge on any atom is -0.352 e. The monoisotopic (exact) mass is 392 g/mol. The molecule has 0 spiro atoms. The molecule has 0 heterocycles. The van der Waals surface area contributed by atoms with Gasteiger partial charge in [0.05, 0.1) is 16.8 Å². The van der Waals surface area contributed by atoms with E-state index in [-0.39, 0.29) is 11.5 Å². The number of benzene rings is 2. The van der Waals surface area contributed by atoms with Gasteiger partial charge < -0.3 is 10.6 Å². The maximum Gasteiger partial charge on any atom is 0.256 e. The van der Waals surface area contributed by atoms with Gasteiger partial charge in [-0.1, -0.05) is 26.0 Å². The summed E-state index contributed by atoms with van der Waals surface area (Å²) >= 11 is 3.17. The Morgan fingerprint density at radius 1 is 1.08 bits per heavy atom. The lowest BCUT2D eigenvalue weighted by atomic mass is 10.1. The first kappa shape index (κ1) is 18.1. The lowest BCUT2D eigenvalue weighted by Gasteiger charge is -2.13. The highest BCUT2D eigenvalue weighted by molar-refractivity contribution is 9.10. The van der Waals surface area contributed by atoms with Crippen molar-refractivity contribution in [2.24, 2.45) is 5.92 Å². The van der Waals surface area contributed by atoms with E-state index in [2.05, 4.69) is 26.6 Å². The van der Waals surface area contributed by atoms with Crippen LogP contribution < -0.4 is 10.6 Å². The van der Waals surface area contributed by atoms with Crippen LogP contribution in [0.1, 0.15) is 34.6 Å². The molecule has 2 rings (SSSR count). The van der Waals surface area contributed by atoms with Crippen LogP contribution in [0.3, 0.4) is 0 Å². The summed E-state index contributed by atoms with van der Waals surface area (Å²) in [6.45, 7) is 4.55. The number of rotatable bonds is 5. The van der Waals surface area contributed by atoms with Gasteiger partial charge in [0.1, 0.15) is 5.82 Å². The molecule has 0 saturated carbocycles. The van der Waals surface area contributed by atoms with E-state index < -0.39 is 11.7 Å². The SMILES string of the molecule is CC(C)CNC(=O)c1ccccc1NC(=O)c1ccc(F)cc1Br. The van der Waals surface area contributed by atoms with Crippen LogP contribution in [0.25, 0.3) is 0 Å². The predicted molar refractivity (Wildman–Crippen MR) is 95.7 cm³/mol. The molecule has 2 amide bonds. The lowest BCUT2D eigenvalue weighted by Crippen LogP contribution is -2.28. The van der Waals surface area contributed by atoms with Gasteiger partial charge in [-0.25, -0.2) is 4.39 Å². The molecule has 0 bridgehead atoms. The van der Waals surface area contributed by atoms with Gasteiger partial charge in [0, 0.05) is 11.0 Å². The largest absolute Gasteiger partial charge is 0.352 e. The average molecular weight is 393 g/mol. The molecule has 24 heavy (non-hydrogen) atoms. The first-order valence-electron chi connectivity index (χ1n) is 7.52. The minimum atomic E-state index is -0.438. The summed E-state index contributed by atoms with van der Waals surface area (Å²) in [6, 6.07) is 10.6. The highest BCUT2D eigenvalue weighted by Gasteiger charge is 2.16. The zero-order chi connectivity index (χ0) is 17.7. The predicted octanol–water partition coefficient (Wildman–Crippen LogP) is 4.23. The van der Waals surface area contributed by atoms with E-state index in [1.54, 1.807) is 24.3 Å².